The van der Waals surface area contributed by atoms with Gasteiger partial charge in [0.15, 0.2) is 17.3 Å². The number of methoxy groups -OCH3 is 2. The van der Waals surface area contributed by atoms with Gasteiger partial charge in [-0.15, -0.1) is 0 Å². The molecule has 2 aromatic carbocycles. The summed E-state index contributed by atoms with van der Waals surface area (Å²) in [5, 5.41) is 142. The average molecular weight is 587 g/mol. The lowest BCUT2D eigenvalue weighted by molar-refractivity contribution is -0.622. The van der Waals surface area contributed by atoms with Crippen LogP contribution in [0.15, 0.2) is 42.5 Å². The van der Waals surface area contributed by atoms with E-state index in [4.69, 9.17) is 9.47 Å². The van der Waals surface area contributed by atoms with Crippen molar-refractivity contribution in [3.05, 3.63) is 59.2 Å². The predicted octanol–water partition coefficient (Wildman–Crippen LogP) is -5.78. The van der Waals surface area contributed by atoms with E-state index in [1.807, 2.05) is 0 Å². The minimum absolute atomic E-state index is 0.0437. The lowest BCUT2D eigenvalue weighted by Crippen LogP contribution is -2.97. The van der Waals surface area contributed by atoms with Crippen LogP contribution in [0.2, 0.25) is 0 Å². The first-order valence-electron chi connectivity index (χ1n) is 11.6. The second-order valence-corrected chi connectivity index (χ2v) is 9.90. The maximum Gasteiger partial charge on any atom is 0.290 e. The molecule has 41 heavy (non-hydrogen) atoms. The number of rotatable bonds is 6. The minimum Gasteiger partial charge on any atom is -0.493 e. The highest BCUT2D eigenvalue weighted by Crippen LogP contribution is 2.59. The largest absolute Gasteiger partial charge is 0.493 e. The van der Waals surface area contributed by atoms with Crippen LogP contribution in [0.1, 0.15) is 21.5 Å². The molecule has 0 saturated carbocycles. The normalized spacial score (nSPS) is 25.4. The molecule has 17 heteroatoms. The zero-order chi connectivity index (χ0) is 31.2. The second-order valence-electron chi connectivity index (χ2n) is 9.90. The fourth-order valence-electron chi connectivity index (χ4n) is 5.38. The zero-order valence-corrected chi connectivity index (χ0v) is 21.3. The van der Waals surface area contributed by atoms with Crippen molar-refractivity contribution in [3.63, 3.8) is 0 Å². The van der Waals surface area contributed by atoms with Gasteiger partial charge in [0.25, 0.3) is 23.4 Å². The van der Waals surface area contributed by atoms with Crippen LogP contribution in [0.4, 0.5) is 0 Å². The Morgan fingerprint density at radius 1 is 0.780 bits per heavy atom. The Balaban J connectivity index is 1.93. The Hall–Kier alpha value is -2.85. The number of Topliss-reactive ketones (excluding diaryl/α,β-unsaturated/α-hetero) is 1. The van der Waals surface area contributed by atoms with Gasteiger partial charge in [0.1, 0.15) is 5.92 Å². The Labute approximate surface area is 229 Å². The van der Waals surface area contributed by atoms with Crippen LogP contribution in [-0.4, -0.2) is 126 Å². The molecule has 2 aliphatic rings. The SMILES string of the molecule is COc1cc2c(cc1OC)C(O)(O)C(C(O)(O)C1(O)C(O)(O)C(O)(O)N(Cc3ccccc3)C(O)(O)C1(O)O)C2=O. The number of benzene rings is 2. The van der Waals surface area contributed by atoms with E-state index in [1.54, 1.807) is 0 Å². The van der Waals surface area contributed by atoms with Gasteiger partial charge in [0.05, 0.1) is 14.2 Å². The average Bonchev–Trinajstić information content (AvgIpc) is 3.09. The first kappa shape index (κ1) is 31.1. The quantitative estimate of drug-likeness (QED) is 0.140. The number of carbonyl (C=O) groups is 1. The van der Waals surface area contributed by atoms with Crippen LogP contribution in [-0.2, 0) is 12.3 Å². The van der Waals surface area contributed by atoms with Gasteiger partial charge in [-0.2, -0.15) is 4.90 Å². The van der Waals surface area contributed by atoms with E-state index in [0.717, 1.165) is 26.4 Å². The molecule has 0 radical (unpaired) electrons. The molecule has 226 valence electrons. The number of likely N-dealkylation sites (tertiary alicyclic amines) is 1. The highest BCUT2D eigenvalue weighted by atomic mass is 16.7. The lowest BCUT2D eigenvalue weighted by Gasteiger charge is -2.65. The minimum atomic E-state index is -5.25. The smallest absolute Gasteiger partial charge is 0.290 e. The molecule has 0 bridgehead atoms. The van der Waals surface area contributed by atoms with E-state index in [2.05, 4.69) is 0 Å². The highest BCUT2D eigenvalue weighted by molar-refractivity contribution is 6.04. The fraction of sp³-hybridized carbons (Fsp3) is 0.458. The third kappa shape index (κ3) is 3.65. The van der Waals surface area contributed by atoms with Crippen LogP contribution < -0.4 is 9.47 Å². The van der Waals surface area contributed by atoms with Crippen molar-refractivity contribution in [2.45, 2.75) is 47.1 Å². The van der Waals surface area contributed by atoms with E-state index < -0.39 is 74.8 Å². The summed E-state index contributed by atoms with van der Waals surface area (Å²) in [5.41, 5.74) is -6.88. The summed E-state index contributed by atoms with van der Waals surface area (Å²) in [6, 6.07) is 8.34. The molecule has 1 saturated heterocycles. The Morgan fingerprint density at radius 3 is 1.71 bits per heavy atom. The molecule has 1 heterocycles. The van der Waals surface area contributed by atoms with Crippen molar-refractivity contribution < 1.29 is 80.7 Å². The monoisotopic (exact) mass is 587 g/mol. The Kier molecular flexibility index (Phi) is 6.88. The van der Waals surface area contributed by atoms with E-state index in [1.165, 1.54) is 30.3 Å². The van der Waals surface area contributed by atoms with Crippen LogP contribution in [0.5, 0.6) is 11.5 Å². The molecule has 4 rings (SSSR count). The number of ether oxygens (including phenoxy) is 2. The predicted molar refractivity (Wildman–Crippen MR) is 126 cm³/mol. The highest BCUT2D eigenvalue weighted by Gasteiger charge is 2.91. The topological polar surface area (TPSA) is 302 Å². The molecule has 1 aliphatic heterocycles. The van der Waals surface area contributed by atoms with Gasteiger partial charge in [-0.3, -0.25) is 4.79 Å². The summed E-state index contributed by atoms with van der Waals surface area (Å²) in [5.74, 6) is -33.6. The van der Waals surface area contributed by atoms with Gasteiger partial charge in [-0.05, 0) is 17.7 Å². The van der Waals surface area contributed by atoms with Crippen molar-refractivity contribution in [1.82, 2.24) is 4.90 Å². The van der Waals surface area contributed by atoms with Gasteiger partial charge in [0.2, 0.25) is 17.2 Å². The molecular weight excluding hydrogens is 558 g/mol. The van der Waals surface area contributed by atoms with Crippen molar-refractivity contribution in [3.8, 4) is 11.5 Å². The summed E-state index contributed by atoms with van der Waals surface area (Å²) < 4.78 is 10.0. The Morgan fingerprint density at radius 2 is 1.24 bits per heavy atom. The molecule has 13 N–H and O–H groups in total. The maximum atomic E-state index is 13.3. The number of carbonyl (C=O) groups excluding carboxylic acids is 1. The Bertz CT molecular complexity index is 1320. The van der Waals surface area contributed by atoms with Gasteiger partial charge in [-0.25, -0.2) is 0 Å². The lowest BCUT2D eigenvalue weighted by atomic mass is 9.64. The third-order valence-electron chi connectivity index (χ3n) is 7.67. The van der Waals surface area contributed by atoms with Crippen LogP contribution >= 0.6 is 0 Å². The molecule has 1 unspecified atom stereocenters. The third-order valence-corrected chi connectivity index (χ3v) is 7.67. The molecule has 0 aromatic heterocycles. The number of ketones is 1. The molecular formula is C24H29NO16. The zero-order valence-electron chi connectivity index (χ0n) is 21.3. The molecule has 0 amide bonds. The molecule has 1 fully saturated rings. The summed E-state index contributed by atoms with van der Waals surface area (Å²) >= 11 is 0. The molecule has 0 spiro atoms. The number of fused-ring (bicyclic) bond motifs is 1. The molecule has 1 atom stereocenters. The molecule has 2 aromatic rings. The van der Waals surface area contributed by atoms with E-state index in [-0.39, 0.29) is 17.1 Å². The van der Waals surface area contributed by atoms with Crippen molar-refractivity contribution in [1.29, 1.82) is 0 Å². The van der Waals surface area contributed by atoms with Crippen molar-refractivity contribution >= 4 is 5.78 Å². The number of nitrogens with zero attached hydrogens (tertiary/aromatic N) is 1. The summed E-state index contributed by atoms with van der Waals surface area (Å²) in [7, 11) is 2.24. The van der Waals surface area contributed by atoms with Gasteiger partial charge >= 0.3 is 0 Å². The van der Waals surface area contributed by atoms with E-state index >= 15 is 0 Å². The van der Waals surface area contributed by atoms with E-state index in [0.29, 0.717) is 0 Å². The number of hydrogen-bond donors (Lipinski definition) is 13. The summed E-state index contributed by atoms with van der Waals surface area (Å²) in [6.07, 6.45) is 0. The van der Waals surface area contributed by atoms with Gasteiger partial charge < -0.3 is 75.9 Å². The van der Waals surface area contributed by atoms with Crippen molar-refractivity contribution in [2.75, 3.05) is 14.2 Å². The van der Waals surface area contributed by atoms with Gasteiger partial charge in [-0.1, -0.05) is 30.3 Å². The molecule has 1 aliphatic carbocycles. The van der Waals surface area contributed by atoms with Gasteiger partial charge in [0, 0.05) is 17.7 Å². The number of hydrogen-bond acceptors (Lipinski definition) is 17. The number of piperidine rings is 1. The van der Waals surface area contributed by atoms with Crippen LogP contribution in [0.3, 0.4) is 0 Å². The van der Waals surface area contributed by atoms with Crippen molar-refractivity contribution in [2.24, 2.45) is 5.92 Å². The van der Waals surface area contributed by atoms with E-state index in [9.17, 15) is 71.2 Å². The first-order valence-corrected chi connectivity index (χ1v) is 11.6. The standard InChI is InChI=1S/C24H29NO16/c1-40-14-8-12-13(9-15(14)41-2)18(27,28)17(16(12)26)19(29,30)20(31)21(32,33)23(36,37)25(24(38,39)22(20,34)35)10-11-6-4-3-5-7-11/h3-9,17,27-39H,10H2,1-2H3. The second kappa shape index (κ2) is 9.07. The van der Waals surface area contributed by atoms with Crippen LogP contribution in [0.25, 0.3) is 0 Å². The molecule has 17 nitrogen and oxygen atoms in total. The maximum absolute atomic E-state index is 13.3. The summed E-state index contributed by atoms with van der Waals surface area (Å²) in [4.78, 5) is 12.8. The fourth-order valence-corrected chi connectivity index (χ4v) is 5.38. The first-order chi connectivity index (χ1) is 18.6. The van der Waals surface area contributed by atoms with Crippen LogP contribution in [0, 0.1) is 5.92 Å². The number of aliphatic hydroxyl groups is 13. The summed E-state index contributed by atoms with van der Waals surface area (Å²) in [6.45, 7) is -1.14.